The summed E-state index contributed by atoms with van der Waals surface area (Å²) in [7, 11) is 0. The van der Waals surface area contributed by atoms with E-state index in [1.54, 1.807) is 5.57 Å². The Bertz CT molecular complexity index is 767. The van der Waals surface area contributed by atoms with Gasteiger partial charge in [-0.15, -0.1) is 6.58 Å². The van der Waals surface area contributed by atoms with Crippen molar-refractivity contribution in [2.24, 2.45) is 5.41 Å². The standard InChI is InChI=1S/C23H31NO2/c1-4-9-24-14-15-10-21-20-12-17(26)13-22(20,2)7-8-23(21,3)19-6-5-16(25)11-18(15)19/h4-6,11,15,17,24-26H,1,7-10,12-14H2,2-3H3/t15?,17?,22-,23?/m0/s1. The van der Waals surface area contributed by atoms with Gasteiger partial charge in [-0.1, -0.05) is 37.1 Å². The van der Waals surface area contributed by atoms with Crippen molar-refractivity contribution in [3.05, 3.63) is 53.1 Å². The summed E-state index contributed by atoms with van der Waals surface area (Å²) in [6, 6.07) is 5.95. The number of benzene rings is 1. The van der Waals surface area contributed by atoms with Gasteiger partial charge >= 0.3 is 0 Å². The summed E-state index contributed by atoms with van der Waals surface area (Å²) < 4.78 is 0. The number of nitrogens with one attached hydrogen (secondary N) is 1. The van der Waals surface area contributed by atoms with Crippen LogP contribution in [0.3, 0.4) is 0 Å². The fraction of sp³-hybridized carbons (Fsp3) is 0.565. The Morgan fingerprint density at radius 2 is 2.04 bits per heavy atom. The van der Waals surface area contributed by atoms with Crippen LogP contribution in [-0.4, -0.2) is 29.4 Å². The number of rotatable bonds is 4. The minimum Gasteiger partial charge on any atom is -0.508 e. The van der Waals surface area contributed by atoms with E-state index in [-0.39, 0.29) is 16.9 Å². The number of allylic oxidation sites excluding steroid dienone is 1. The monoisotopic (exact) mass is 353 g/mol. The quantitative estimate of drug-likeness (QED) is 0.563. The first-order valence-electron chi connectivity index (χ1n) is 9.93. The maximum atomic E-state index is 10.4. The van der Waals surface area contributed by atoms with Gasteiger partial charge in [-0.25, -0.2) is 0 Å². The zero-order valence-corrected chi connectivity index (χ0v) is 16.0. The van der Waals surface area contributed by atoms with Crippen molar-refractivity contribution in [3.63, 3.8) is 0 Å². The normalized spacial score (nSPS) is 35.7. The molecule has 3 heteroatoms. The van der Waals surface area contributed by atoms with E-state index in [2.05, 4.69) is 31.8 Å². The molecule has 3 aliphatic carbocycles. The van der Waals surface area contributed by atoms with Crippen LogP contribution in [0.1, 0.15) is 63.0 Å². The molecule has 26 heavy (non-hydrogen) atoms. The third-order valence-corrected chi connectivity index (χ3v) is 7.26. The fourth-order valence-corrected chi connectivity index (χ4v) is 5.88. The van der Waals surface area contributed by atoms with Gasteiger partial charge in [0.25, 0.3) is 0 Å². The molecule has 0 saturated heterocycles. The van der Waals surface area contributed by atoms with Crippen LogP contribution in [0.15, 0.2) is 42.0 Å². The Balaban J connectivity index is 1.83. The van der Waals surface area contributed by atoms with E-state index in [1.807, 2.05) is 18.2 Å². The number of phenolic OH excluding ortho intramolecular Hbond substituents is 1. The molecule has 1 aromatic rings. The molecule has 0 spiro atoms. The van der Waals surface area contributed by atoms with E-state index in [9.17, 15) is 10.2 Å². The number of aliphatic hydroxyl groups excluding tert-OH is 1. The lowest BCUT2D eigenvalue weighted by Gasteiger charge is -2.50. The van der Waals surface area contributed by atoms with Gasteiger partial charge in [-0.2, -0.15) is 0 Å². The molecular formula is C23H31NO2. The van der Waals surface area contributed by atoms with E-state index in [0.717, 1.165) is 45.2 Å². The Hall–Kier alpha value is -1.58. The number of hydrogen-bond donors (Lipinski definition) is 3. The smallest absolute Gasteiger partial charge is 0.115 e. The molecule has 4 rings (SSSR count). The summed E-state index contributed by atoms with van der Waals surface area (Å²) in [4.78, 5) is 0. The van der Waals surface area contributed by atoms with Crippen molar-refractivity contribution >= 4 is 0 Å². The molecule has 1 fully saturated rings. The predicted molar refractivity (Wildman–Crippen MR) is 105 cm³/mol. The Morgan fingerprint density at radius 3 is 2.81 bits per heavy atom. The SMILES string of the molecule is C=CCNCC1CC2=C3CC(O)C[C@]3(C)CCC2(C)c2ccc(O)cc21. The highest BCUT2D eigenvalue weighted by molar-refractivity contribution is 5.54. The summed E-state index contributed by atoms with van der Waals surface area (Å²) in [6.07, 6.45) is 6.73. The molecule has 0 heterocycles. The number of phenols is 1. The van der Waals surface area contributed by atoms with E-state index in [1.165, 1.54) is 16.7 Å². The van der Waals surface area contributed by atoms with Gasteiger partial charge in [-0.3, -0.25) is 0 Å². The van der Waals surface area contributed by atoms with Gasteiger partial charge in [0.05, 0.1) is 6.10 Å². The second-order valence-electron chi connectivity index (χ2n) is 9.03. The average molecular weight is 354 g/mol. The Labute approximate surface area is 156 Å². The molecule has 0 bridgehead atoms. The summed E-state index contributed by atoms with van der Waals surface area (Å²) in [5, 5.41) is 24.0. The number of fused-ring (bicyclic) bond motifs is 4. The van der Waals surface area contributed by atoms with Crippen molar-refractivity contribution in [2.45, 2.75) is 63.4 Å². The summed E-state index contributed by atoms with van der Waals surface area (Å²) in [6.45, 7) is 10.2. The molecule has 140 valence electrons. The molecule has 0 radical (unpaired) electrons. The second kappa shape index (κ2) is 6.24. The topological polar surface area (TPSA) is 52.5 Å². The lowest BCUT2D eigenvalue weighted by molar-refractivity contribution is 0.156. The molecule has 3 unspecified atom stereocenters. The van der Waals surface area contributed by atoms with Gasteiger partial charge in [0, 0.05) is 24.4 Å². The van der Waals surface area contributed by atoms with Crippen LogP contribution in [0.25, 0.3) is 0 Å². The second-order valence-corrected chi connectivity index (χ2v) is 9.03. The third kappa shape index (κ3) is 2.64. The number of aliphatic hydroxyl groups is 1. The van der Waals surface area contributed by atoms with Crippen LogP contribution < -0.4 is 5.32 Å². The summed E-state index contributed by atoms with van der Waals surface area (Å²) >= 11 is 0. The molecule has 1 aromatic carbocycles. The lowest BCUT2D eigenvalue weighted by atomic mass is 9.55. The highest BCUT2D eigenvalue weighted by Crippen LogP contribution is 2.61. The van der Waals surface area contributed by atoms with Gasteiger partial charge in [0.1, 0.15) is 5.75 Å². The molecule has 1 saturated carbocycles. The first-order valence-corrected chi connectivity index (χ1v) is 9.93. The molecule has 4 atom stereocenters. The van der Waals surface area contributed by atoms with Gasteiger partial charge in [-0.05, 0) is 60.8 Å². The Kier molecular flexibility index (Phi) is 4.28. The first-order chi connectivity index (χ1) is 12.4. The highest BCUT2D eigenvalue weighted by atomic mass is 16.3. The predicted octanol–water partition coefficient (Wildman–Crippen LogP) is 4.16. The summed E-state index contributed by atoms with van der Waals surface area (Å²) in [5.41, 5.74) is 5.95. The fourth-order valence-electron chi connectivity index (χ4n) is 5.88. The largest absolute Gasteiger partial charge is 0.508 e. The van der Waals surface area contributed by atoms with Gasteiger partial charge < -0.3 is 15.5 Å². The van der Waals surface area contributed by atoms with Crippen LogP contribution >= 0.6 is 0 Å². The van der Waals surface area contributed by atoms with E-state index < -0.39 is 0 Å². The zero-order valence-electron chi connectivity index (χ0n) is 16.0. The molecule has 3 nitrogen and oxygen atoms in total. The van der Waals surface area contributed by atoms with E-state index in [0.29, 0.717) is 11.7 Å². The third-order valence-electron chi connectivity index (χ3n) is 7.26. The minimum atomic E-state index is -0.191. The van der Waals surface area contributed by atoms with Crippen LogP contribution in [0.4, 0.5) is 0 Å². The highest BCUT2D eigenvalue weighted by Gasteiger charge is 2.51. The zero-order chi connectivity index (χ0) is 18.5. The molecule has 3 N–H and O–H groups in total. The molecule has 0 aliphatic heterocycles. The average Bonchev–Trinajstić information content (AvgIpc) is 2.90. The molecular weight excluding hydrogens is 322 g/mol. The van der Waals surface area contributed by atoms with Crippen molar-refractivity contribution < 1.29 is 10.2 Å². The minimum absolute atomic E-state index is 0.0386. The number of aromatic hydroxyl groups is 1. The number of hydrogen-bond acceptors (Lipinski definition) is 3. The summed E-state index contributed by atoms with van der Waals surface area (Å²) in [5.74, 6) is 0.710. The van der Waals surface area contributed by atoms with Gasteiger partial charge in [0.2, 0.25) is 0 Å². The maximum absolute atomic E-state index is 10.4. The maximum Gasteiger partial charge on any atom is 0.115 e. The van der Waals surface area contributed by atoms with E-state index in [4.69, 9.17) is 0 Å². The first kappa shape index (κ1) is 17.8. The van der Waals surface area contributed by atoms with Crippen LogP contribution in [0.2, 0.25) is 0 Å². The Morgan fingerprint density at radius 1 is 1.23 bits per heavy atom. The van der Waals surface area contributed by atoms with Crippen LogP contribution in [0, 0.1) is 5.41 Å². The molecule has 3 aliphatic rings. The lowest BCUT2D eigenvalue weighted by Crippen LogP contribution is -2.41. The van der Waals surface area contributed by atoms with Crippen LogP contribution in [0.5, 0.6) is 5.75 Å². The van der Waals surface area contributed by atoms with Crippen molar-refractivity contribution in [1.29, 1.82) is 0 Å². The van der Waals surface area contributed by atoms with Crippen molar-refractivity contribution in [2.75, 3.05) is 13.1 Å². The van der Waals surface area contributed by atoms with Crippen LogP contribution in [-0.2, 0) is 5.41 Å². The van der Waals surface area contributed by atoms with E-state index >= 15 is 0 Å². The van der Waals surface area contributed by atoms with Crippen molar-refractivity contribution in [1.82, 2.24) is 5.32 Å². The van der Waals surface area contributed by atoms with Crippen molar-refractivity contribution in [3.8, 4) is 5.75 Å². The molecule has 0 amide bonds. The van der Waals surface area contributed by atoms with Gasteiger partial charge in [0.15, 0.2) is 0 Å². The molecule has 0 aromatic heterocycles.